The largest absolute Gasteiger partial charge is 0.436 e. The lowest BCUT2D eigenvalue weighted by Crippen LogP contribution is -1.90. The summed E-state index contributed by atoms with van der Waals surface area (Å²) in [5, 5.41) is 0. The van der Waals surface area contributed by atoms with Crippen molar-refractivity contribution in [2.24, 2.45) is 0 Å². The molecule has 1 aromatic rings. The fourth-order valence-electron chi connectivity index (χ4n) is 0.703. The average molecular weight is 157 g/mol. The number of carbonyl (C=O) groups excluding carboxylic acids is 1. The smallest absolute Gasteiger partial charge is 0.263 e. The van der Waals surface area contributed by atoms with E-state index in [0.29, 0.717) is 5.69 Å². The zero-order valence-corrected chi connectivity index (χ0v) is 6.35. The molecule has 0 bridgehead atoms. The van der Waals surface area contributed by atoms with Crippen molar-refractivity contribution in [1.29, 1.82) is 0 Å². The maximum absolute atomic E-state index is 12.0. The first-order chi connectivity index (χ1) is 5.15. The van der Waals surface area contributed by atoms with E-state index in [1.807, 2.05) is 0 Å². The van der Waals surface area contributed by atoms with E-state index in [9.17, 15) is 9.18 Å². The number of nitrogens with zero attached hydrogens (tertiary/aromatic N) is 1. The third kappa shape index (κ3) is 1.45. The van der Waals surface area contributed by atoms with Crippen LogP contribution in [0.2, 0.25) is 0 Å². The Morgan fingerprint density at radius 2 is 2.36 bits per heavy atom. The van der Waals surface area contributed by atoms with E-state index < -0.39 is 6.67 Å². The van der Waals surface area contributed by atoms with Gasteiger partial charge in [0.05, 0.1) is 5.69 Å². The number of halogens is 1. The van der Waals surface area contributed by atoms with Crippen LogP contribution in [0.5, 0.6) is 0 Å². The van der Waals surface area contributed by atoms with Crippen LogP contribution in [0.1, 0.15) is 29.1 Å². The molecule has 0 aliphatic carbocycles. The van der Waals surface area contributed by atoms with Gasteiger partial charge in [0.1, 0.15) is 6.67 Å². The summed E-state index contributed by atoms with van der Waals surface area (Å²) in [4.78, 5) is 14.4. The van der Waals surface area contributed by atoms with Crippen molar-refractivity contribution in [3.05, 3.63) is 17.3 Å². The third-order valence-electron chi connectivity index (χ3n) is 1.32. The first kappa shape index (κ1) is 7.91. The summed E-state index contributed by atoms with van der Waals surface area (Å²) in [6, 6.07) is 0. The van der Waals surface area contributed by atoms with Gasteiger partial charge in [-0.1, -0.05) is 0 Å². The van der Waals surface area contributed by atoms with Crippen LogP contribution in [-0.4, -0.2) is 10.8 Å². The Kier molecular flexibility index (Phi) is 2.03. The fourth-order valence-corrected chi connectivity index (χ4v) is 0.703. The van der Waals surface area contributed by atoms with Gasteiger partial charge in [-0.3, -0.25) is 4.79 Å². The molecule has 0 aromatic carbocycles. The van der Waals surface area contributed by atoms with Crippen molar-refractivity contribution in [3.8, 4) is 0 Å². The van der Waals surface area contributed by atoms with Crippen LogP contribution in [0, 0.1) is 6.92 Å². The topological polar surface area (TPSA) is 43.1 Å². The van der Waals surface area contributed by atoms with Crippen LogP contribution < -0.4 is 0 Å². The molecule has 0 amide bonds. The van der Waals surface area contributed by atoms with Gasteiger partial charge in [0.15, 0.2) is 5.76 Å². The van der Waals surface area contributed by atoms with E-state index in [1.54, 1.807) is 6.92 Å². The molecule has 1 rings (SSSR count). The second-order valence-electron chi connectivity index (χ2n) is 2.22. The van der Waals surface area contributed by atoms with E-state index in [2.05, 4.69) is 4.98 Å². The average Bonchev–Trinajstić information content (AvgIpc) is 2.31. The minimum absolute atomic E-state index is 0.0184. The van der Waals surface area contributed by atoms with E-state index in [-0.39, 0.29) is 17.4 Å². The maximum atomic E-state index is 12.0. The molecule has 0 N–H and O–H groups in total. The van der Waals surface area contributed by atoms with Crippen molar-refractivity contribution in [2.75, 3.05) is 0 Å². The van der Waals surface area contributed by atoms with E-state index >= 15 is 0 Å². The molecule has 60 valence electrons. The van der Waals surface area contributed by atoms with Crippen molar-refractivity contribution in [3.63, 3.8) is 0 Å². The van der Waals surface area contributed by atoms with Gasteiger partial charge in [-0.25, -0.2) is 9.37 Å². The lowest BCUT2D eigenvalue weighted by Gasteiger charge is -1.83. The molecular formula is C7H8FNO2. The fraction of sp³-hybridized carbons (Fsp3) is 0.429. The zero-order valence-electron chi connectivity index (χ0n) is 6.35. The van der Waals surface area contributed by atoms with Crippen LogP contribution in [-0.2, 0) is 6.67 Å². The monoisotopic (exact) mass is 157 g/mol. The number of Topliss-reactive ketones (excluding diaryl/α,β-unsaturated/α-hetero) is 1. The first-order valence-corrected chi connectivity index (χ1v) is 3.18. The summed E-state index contributed by atoms with van der Waals surface area (Å²) in [5.74, 6) is -0.168. The normalized spacial score (nSPS) is 10.1. The van der Waals surface area contributed by atoms with E-state index in [1.165, 1.54) is 6.92 Å². The second kappa shape index (κ2) is 2.82. The number of rotatable bonds is 2. The highest BCUT2D eigenvalue weighted by molar-refractivity contribution is 5.89. The minimum atomic E-state index is -0.716. The molecule has 0 saturated heterocycles. The summed E-state index contributed by atoms with van der Waals surface area (Å²) in [7, 11) is 0. The van der Waals surface area contributed by atoms with Gasteiger partial charge in [0, 0.05) is 6.92 Å². The van der Waals surface area contributed by atoms with Crippen LogP contribution in [0.15, 0.2) is 4.42 Å². The number of aromatic nitrogens is 1. The molecule has 0 atom stereocenters. The highest BCUT2D eigenvalue weighted by Gasteiger charge is 2.11. The van der Waals surface area contributed by atoms with E-state index in [4.69, 9.17) is 4.42 Å². The number of hydrogen-bond acceptors (Lipinski definition) is 3. The number of oxazole rings is 1. The minimum Gasteiger partial charge on any atom is -0.436 e. The number of carbonyl (C=O) groups is 1. The van der Waals surface area contributed by atoms with Gasteiger partial charge < -0.3 is 4.42 Å². The molecule has 0 aliphatic rings. The van der Waals surface area contributed by atoms with Gasteiger partial charge in [0.2, 0.25) is 5.78 Å². The molecule has 0 fully saturated rings. The Morgan fingerprint density at radius 1 is 1.73 bits per heavy atom. The Morgan fingerprint density at radius 3 is 2.64 bits per heavy atom. The standard InChI is InChI=1S/C7H8FNO2/c1-4-6(3-8)11-7(9-4)5(2)10/h3H2,1-2H3. The molecule has 0 saturated carbocycles. The SMILES string of the molecule is CC(=O)c1nc(C)c(CF)o1. The van der Waals surface area contributed by atoms with E-state index in [0.717, 1.165) is 0 Å². The highest BCUT2D eigenvalue weighted by atomic mass is 19.1. The number of alkyl halides is 1. The van der Waals surface area contributed by atoms with Gasteiger partial charge in [-0.05, 0) is 6.92 Å². The Bertz CT molecular complexity index is 280. The van der Waals surface area contributed by atoms with Crippen LogP contribution in [0.4, 0.5) is 4.39 Å². The number of aryl methyl sites for hydroxylation is 1. The van der Waals surface area contributed by atoms with Gasteiger partial charge in [-0.2, -0.15) is 0 Å². The van der Waals surface area contributed by atoms with Gasteiger partial charge >= 0.3 is 0 Å². The third-order valence-corrected chi connectivity index (χ3v) is 1.32. The molecule has 0 radical (unpaired) electrons. The summed E-state index contributed by atoms with van der Waals surface area (Å²) >= 11 is 0. The summed E-state index contributed by atoms with van der Waals surface area (Å²) in [5.41, 5.74) is 0.442. The summed E-state index contributed by atoms with van der Waals surface area (Å²) in [6.07, 6.45) is 0. The quantitative estimate of drug-likeness (QED) is 0.613. The zero-order chi connectivity index (χ0) is 8.43. The predicted molar refractivity (Wildman–Crippen MR) is 36.1 cm³/mol. The second-order valence-corrected chi connectivity index (χ2v) is 2.22. The molecule has 0 spiro atoms. The molecule has 0 unspecified atom stereocenters. The van der Waals surface area contributed by atoms with Crippen LogP contribution in [0.25, 0.3) is 0 Å². The molecular weight excluding hydrogens is 149 g/mol. The molecule has 4 heteroatoms. The first-order valence-electron chi connectivity index (χ1n) is 3.18. The van der Waals surface area contributed by atoms with Crippen molar-refractivity contribution in [1.82, 2.24) is 4.98 Å². The molecule has 11 heavy (non-hydrogen) atoms. The highest BCUT2D eigenvalue weighted by Crippen LogP contribution is 2.11. The Labute approximate surface area is 63.2 Å². The molecule has 3 nitrogen and oxygen atoms in total. The molecule has 1 aromatic heterocycles. The van der Waals surface area contributed by atoms with Crippen LogP contribution in [0.3, 0.4) is 0 Å². The summed E-state index contributed by atoms with van der Waals surface area (Å²) in [6.45, 7) is 2.21. The number of hydrogen-bond donors (Lipinski definition) is 0. The Hall–Kier alpha value is -1.19. The molecule has 1 heterocycles. The van der Waals surface area contributed by atoms with Gasteiger partial charge in [0.25, 0.3) is 5.89 Å². The predicted octanol–water partition coefficient (Wildman–Crippen LogP) is 1.66. The Balaban J connectivity index is 3.05. The van der Waals surface area contributed by atoms with Crippen molar-refractivity contribution >= 4 is 5.78 Å². The lowest BCUT2D eigenvalue weighted by molar-refractivity contribution is 0.0978. The summed E-state index contributed by atoms with van der Waals surface area (Å²) < 4.78 is 16.8. The van der Waals surface area contributed by atoms with Crippen LogP contribution >= 0.6 is 0 Å². The lowest BCUT2D eigenvalue weighted by atomic mass is 10.4. The van der Waals surface area contributed by atoms with Crippen molar-refractivity contribution in [2.45, 2.75) is 20.5 Å². The van der Waals surface area contributed by atoms with Gasteiger partial charge in [-0.15, -0.1) is 0 Å². The molecule has 0 aliphatic heterocycles. The van der Waals surface area contributed by atoms with Crippen molar-refractivity contribution < 1.29 is 13.6 Å². The maximum Gasteiger partial charge on any atom is 0.263 e. The number of ketones is 1.